The van der Waals surface area contributed by atoms with Gasteiger partial charge in [-0.3, -0.25) is 24.3 Å². The normalized spacial score (nSPS) is 10.9. The van der Waals surface area contributed by atoms with Crippen molar-refractivity contribution in [3.8, 4) is 5.69 Å². The van der Waals surface area contributed by atoms with E-state index in [1.54, 1.807) is 22.9 Å². The van der Waals surface area contributed by atoms with Gasteiger partial charge in [0.1, 0.15) is 5.82 Å². The van der Waals surface area contributed by atoms with Gasteiger partial charge in [-0.05, 0) is 57.5 Å². The molecule has 4 rings (SSSR count). The van der Waals surface area contributed by atoms with Crippen molar-refractivity contribution < 1.29 is 9.59 Å². The summed E-state index contributed by atoms with van der Waals surface area (Å²) in [5.74, 6) is 0.708. The number of amides is 1. The standard InChI is InChI=1S/C25H25N5O2S/c1-16-10-8-9-13-22(16)29-19(4)26-27-25(29)33-15-23(31)21-14-17(2)30(18(21)3)28-24(32)20-11-6-5-7-12-20/h5-14H,15H2,1-4H3,(H,28,32). The molecule has 0 spiro atoms. The minimum atomic E-state index is -0.229. The molecule has 0 aliphatic rings. The fourth-order valence-electron chi connectivity index (χ4n) is 3.71. The van der Waals surface area contributed by atoms with Crippen LogP contribution < -0.4 is 5.43 Å². The summed E-state index contributed by atoms with van der Waals surface area (Å²) in [6, 6.07) is 18.8. The van der Waals surface area contributed by atoms with E-state index in [2.05, 4.69) is 15.6 Å². The van der Waals surface area contributed by atoms with Crippen molar-refractivity contribution in [2.45, 2.75) is 32.9 Å². The molecule has 0 bridgehead atoms. The zero-order valence-corrected chi connectivity index (χ0v) is 19.8. The molecule has 0 saturated heterocycles. The first-order valence-electron chi connectivity index (χ1n) is 10.6. The van der Waals surface area contributed by atoms with E-state index in [4.69, 9.17) is 0 Å². The highest BCUT2D eigenvalue weighted by atomic mass is 32.2. The highest BCUT2D eigenvalue weighted by molar-refractivity contribution is 7.99. The Morgan fingerprint density at radius 1 is 0.939 bits per heavy atom. The van der Waals surface area contributed by atoms with Crippen molar-refractivity contribution in [2.24, 2.45) is 0 Å². The van der Waals surface area contributed by atoms with Crippen LogP contribution in [0.2, 0.25) is 0 Å². The molecule has 1 amide bonds. The average Bonchev–Trinajstić information content (AvgIpc) is 3.32. The quantitative estimate of drug-likeness (QED) is 0.321. The lowest BCUT2D eigenvalue weighted by Crippen LogP contribution is -2.25. The zero-order valence-electron chi connectivity index (χ0n) is 19.0. The van der Waals surface area contributed by atoms with Gasteiger partial charge in [-0.25, -0.2) is 0 Å². The number of aryl methyl sites for hydroxylation is 3. The minimum absolute atomic E-state index is 0.0368. The molecule has 0 radical (unpaired) electrons. The summed E-state index contributed by atoms with van der Waals surface area (Å²) in [6.45, 7) is 7.62. The summed E-state index contributed by atoms with van der Waals surface area (Å²) in [5.41, 5.74) is 7.58. The van der Waals surface area contributed by atoms with Gasteiger partial charge in [0.2, 0.25) is 0 Å². The van der Waals surface area contributed by atoms with Crippen LogP contribution >= 0.6 is 11.8 Å². The van der Waals surface area contributed by atoms with E-state index in [0.717, 1.165) is 22.8 Å². The molecule has 2 heterocycles. The van der Waals surface area contributed by atoms with E-state index in [-0.39, 0.29) is 17.4 Å². The van der Waals surface area contributed by atoms with Crippen molar-refractivity contribution in [3.05, 3.63) is 94.6 Å². The molecule has 1 N–H and O–H groups in total. The minimum Gasteiger partial charge on any atom is -0.293 e. The smallest absolute Gasteiger partial charge is 0.270 e. The van der Waals surface area contributed by atoms with E-state index < -0.39 is 0 Å². The number of nitrogens with one attached hydrogen (secondary N) is 1. The third-order valence-corrected chi connectivity index (χ3v) is 6.39. The van der Waals surface area contributed by atoms with Crippen LogP contribution in [-0.4, -0.2) is 36.9 Å². The summed E-state index contributed by atoms with van der Waals surface area (Å²) >= 11 is 1.35. The summed E-state index contributed by atoms with van der Waals surface area (Å²) in [6.07, 6.45) is 0. The van der Waals surface area contributed by atoms with E-state index in [1.807, 2.05) is 74.7 Å². The SMILES string of the molecule is Cc1ccccc1-n1c(C)nnc1SCC(=O)c1cc(C)n(NC(=O)c2ccccc2)c1C. The van der Waals surface area contributed by atoms with Crippen molar-refractivity contribution in [1.29, 1.82) is 0 Å². The average molecular weight is 460 g/mol. The Bertz CT molecular complexity index is 1320. The summed E-state index contributed by atoms with van der Waals surface area (Å²) in [5, 5.41) is 9.16. The van der Waals surface area contributed by atoms with Crippen molar-refractivity contribution in [3.63, 3.8) is 0 Å². The number of thioether (sulfide) groups is 1. The van der Waals surface area contributed by atoms with Crippen LogP contribution in [0.15, 0.2) is 65.8 Å². The fourth-order valence-corrected chi connectivity index (χ4v) is 4.58. The Hall–Kier alpha value is -3.65. The van der Waals surface area contributed by atoms with Gasteiger partial charge in [0.15, 0.2) is 10.9 Å². The second-order valence-corrected chi connectivity index (χ2v) is 8.73. The van der Waals surface area contributed by atoms with Gasteiger partial charge in [-0.1, -0.05) is 48.2 Å². The van der Waals surface area contributed by atoms with Gasteiger partial charge in [0.05, 0.1) is 11.4 Å². The second kappa shape index (κ2) is 9.46. The predicted molar refractivity (Wildman–Crippen MR) is 130 cm³/mol. The van der Waals surface area contributed by atoms with Gasteiger partial charge in [0.25, 0.3) is 5.91 Å². The highest BCUT2D eigenvalue weighted by Crippen LogP contribution is 2.25. The topological polar surface area (TPSA) is 81.8 Å². The number of Topliss-reactive ketones (excluding diaryl/α,β-unsaturated/α-hetero) is 1. The number of benzene rings is 2. The number of aromatic nitrogens is 4. The molecule has 7 nitrogen and oxygen atoms in total. The Morgan fingerprint density at radius 2 is 1.64 bits per heavy atom. The molecule has 0 aliphatic carbocycles. The van der Waals surface area contributed by atoms with Crippen molar-refractivity contribution in [2.75, 3.05) is 11.2 Å². The highest BCUT2D eigenvalue weighted by Gasteiger charge is 2.20. The first-order valence-corrected chi connectivity index (χ1v) is 11.5. The Balaban J connectivity index is 1.51. The first kappa shape index (κ1) is 22.5. The molecule has 4 aromatic rings. The Labute approximate surface area is 196 Å². The molecule has 0 fully saturated rings. The molecule has 0 unspecified atom stereocenters. The van der Waals surface area contributed by atoms with E-state index >= 15 is 0 Å². The van der Waals surface area contributed by atoms with Crippen LogP contribution in [0.4, 0.5) is 0 Å². The lowest BCUT2D eigenvalue weighted by molar-refractivity contribution is 0.0999. The summed E-state index contributed by atoms with van der Waals surface area (Å²) in [7, 11) is 0. The van der Waals surface area contributed by atoms with Crippen LogP contribution in [0.25, 0.3) is 5.69 Å². The molecule has 2 aromatic heterocycles. The Kier molecular flexibility index (Phi) is 6.46. The molecule has 0 aliphatic heterocycles. The van der Waals surface area contributed by atoms with E-state index in [9.17, 15) is 9.59 Å². The third kappa shape index (κ3) is 4.61. The maximum absolute atomic E-state index is 13.1. The molecular formula is C25H25N5O2S. The van der Waals surface area contributed by atoms with Crippen LogP contribution in [0.1, 0.15) is 43.5 Å². The summed E-state index contributed by atoms with van der Waals surface area (Å²) < 4.78 is 3.63. The molecule has 2 aromatic carbocycles. The number of para-hydroxylation sites is 1. The van der Waals surface area contributed by atoms with Crippen LogP contribution in [0.3, 0.4) is 0 Å². The van der Waals surface area contributed by atoms with Crippen LogP contribution in [-0.2, 0) is 0 Å². The van der Waals surface area contributed by atoms with E-state index in [0.29, 0.717) is 22.0 Å². The lowest BCUT2D eigenvalue weighted by atomic mass is 10.2. The predicted octanol–water partition coefficient (Wildman–Crippen LogP) is 4.66. The molecule has 168 valence electrons. The maximum atomic E-state index is 13.1. The molecule has 33 heavy (non-hydrogen) atoms. The van der Waals surface area contributed by atoms with Gasteiger partial charge in [-0.2, -0.15) is 0 Å². The van der Waals surface area contributed by atoms with Crippen LogP contribution in [0.5, 0.6) is 0 Å². The largest absolute Gasteiger partial charge is 0.293 e. The summed E-state index contributed by atoms with van der Waals surface area (Å²) in [4.78, 5) is 25.6. The zero-order chi connectivity index (χ0) is 23.5. The lowest BCUT2D eigenvalue weighted by Gasteiger charge is -2.12. The van der Waals surface area contributed by atoms with Crippen molar-refractivity contribution >= 4 is 23.5 Å². The number of carbonyl (C=O) groups is 2. The van der Waals surface area contributed by atoms with E-state index in [1.165, 1.54) is 11.8 Å². The third-order valence-electron chi connectivity index (χ3n) is 5.46. The van der Waals surface area contributed by atoms with Gasteiger partial charge in [0, 0.05) is 22.5 Å². The van der Waals surface area contributed by atoms with Gasteiger partial charge in [-0.15, -0.1) is 10.2 Å². The maximum Gasteiger partial charge on any atom is 0.270 e. The molecule has 8 heteroatoms. The number of carbonyl (C=O) groups excluding carboxylic acids is 2. The van der Waals surface area contributed by atoms with Gasteiger partial charge < -0.3 is 0 Å². The molecule has 0 saturated carbocycles. The monoisotopic (exact) mass is 459 g/mol. The second-order valence-electron chi connectivity index (χ2n) is 7.79. The number of ketones is 1. The molecular weight excluding hydrogens is 434 g/mol. The Morgan fingerprint density at radius 3 is 2.36 bits per heavy atom. The molecule has 0 atom stereocenters. The number of rotatable bonds is 7. The van der Waals surface area contributed by atoms with Crippen molar-refractivity contribution in [1.82, 2.24) is 19.4 Å². The first-order chi connectivity index (χ1) is 15.9. The van der Waals surface area contributed by atoms with Gasteiger partial charge >= 0.3 is 0 Å². The number of hydrogen-bond acceptors (Lipinski definition) is 5. The number of hydrogen-bond donors (Lipinski definition) is 1. The fraction of sp³-hybridized carbons (Fsp3) is 0.200. The van der Waals surface area contributed by atoms with Crippen LogP contribution in [0, 0.1) is 27.7 Å². The number of nitrogens with zero attached hydrogens (tertiary/aromatic N) is 4.